The van der Waals surface area contributed by atoms with Crippen molar-refractivity contribution in [3.8, 4) is 0 Å². The lowest BCUT2D eigenvalue weighted by Gasteiger charge is -2.09. The molecule has 0 saturated heterocycles. The minimum atomic E-state index is -1.06. The molecular weight excluding hydrogens is 342 g/mol. The van der Waals surface area contributed by atoms with Crippen LogP contribution in [0, 0.1) is 0 Å². The number of imidazole rings is 1. The summed E-state index contributed by atoms with van der Waals surface area (Å²) in [4.78, 5) is 51.2. The molecule has 0 saturated carbocycles. The molecule has 0 aliphatic heterocycles. The van der Waals surface area contributed by atoms with Gasteiger partial charge in [0.05, 0.1) is 11.9 Å². The van der Waals surface area contributed by atoms with Crippen molar-refractivity contribution in [3.05, 3.63) is 57.0 Å². The van der Waals surface area contributed by atoms with E-state index in [4.69, 9.17) is 5.11 Å². The van der Waals surface area contributed by atoms with Crippen molar-refractivity contribution < 1.29 is 14.7 Å². The van der Waals surface area contributed by atoms with Crippen LogP contribution in [0.4, 0.5) is 5.69 Å². The maximum Gasteiger partial charge on any atom is 0.335 e. The lowest BCUT2D eigenvalue weighted by atomic mass is 10.2. The number of fused-ring (bicyclic) bond motifs is 1. The zero-order valence-electron chi connectivity index (χ0n) is 14.0. The number of amides is 1. The van der Waals surface area contributed by atoms with E-state index in [1.165, 1.54) is 53.8 Å². The first-order valence-electron chi connectivity index (χ1n) is 7.53. The van der Waals surface area contributed by atoms with Gasteiger partial charge in [-0.25, -0.2) is 14.6 Å². The maximum absolute atomic E-state index is 12.2. The number of carbonyl (C=O) groups is 2. The summed E-state index contributed by atoms with van der Waals surface area (Å²) in [5.41, 5.74) is -0.188. The van der Waals surface area contributed by atoms with Crippen molar-refractivity contribution in [1.29, 1.82) is 0 Å². The molecule has 134 valence electrons. The molecule has 10 heteroatoms. The molecule has 0 aliphatic rings. The van der Waals surface area contributed by atoms with Crippen molar-refractivity contribution in [2.75, 3.05) is 5.32 Å². The van der Waals surface area contributed by atoms with Crippen molar-refractivity contribution in [1.82, 2.24) is 18.7 Å². The van der Waals surface area contributed by atoms with Crippen LogP contribution in [0.2, 0.25) is 0 Å². The second-order valence-electron chi connectivity index (χ2n) is 5.68. The third-order valence-corrected chi connectivity index (χ3v) is 3.94. The molecule has 0 unspecified atom stereocenters. The fourth-order valence-corrected chi connectivity index (χ4v) is 2.61. The summed E-state index contributed by atoms with van der Waals surface area (Å²) >= 11 is 0. The summed E-state index contributed by atoms with van der Waals surface area (Å²) < 4.78 is 3.60. The fourth-order valence-electron chi connectivity index (χ4n) is 2.61. The minimum absolute atomic E-state index is 0.0909. The summed E-state index contributed by atoms with van der Waals surface area (Å²) in [7, 11) is 2.85. The van der Waals surface area contributed by atoms with Gasteiger partial charge in [-0.1, -0.05) is 0 Å². The normalized spacial score (nSPS) is 10.8. The average Bonchev–Trinajstić information content (AvgIpc) is 3.02. The van der Waals surface area contributed by atoms with Gasteiger partial charge < -0.3 is 15.0 Å². The summed E-state index contributed by atoms with van der Waals surface area (Å²) in [5, 5.41) is 11.5. The van der Waals surface area contributed by atoms with E-state index in [9.17, 15) is 19.2 Å². The Labute approximate surface area is 145 Å². The predicted octanol–water partition coefficient (Wildman–Crippen LogP) is -0.229. The molecule has 0 bridgehead atoms. The Bertz CT molecular complexity index is 1140. The molecule has 0 fully saturated rings. The van der Waals surface area contributed by atoms with E-state index in [0.717, 1.165) is 4.57 Å². The van der Waals surface area contributed by atoms with Crippen molar-refractivity contribution >= 4 is 28.7 Å². The first-order chi connectivity index (χ1) is 12.3. The zero-order chi connectivity index (χ0) is 19.0. The molecular formula is C16H15N5O5. The van der Waals surface area contributed by atoms with Gasteiger partial charge in [-0.2, -0.15) is 0 Å². The van der Waals surface area contributed by atoms with E-state index in [2.05, 4.69) is 10.3 Å². The van der Waals surface area contributed by atoms with Crippen LogP contribution in [-0.2, 0) is 25.4 Å². The molecule has 10 nitrogen and oxygen atoms in total. The number of benzene rings is 1. The molecule has 2 N–H and O–H groups in total. The van der Waals surface area contributed by atoms with Gasteiger partial charge in [0.15, 0.2) is 5.52 Å². The number of hydrogen-bond donors (Lipinski definition) is 2. The van der Waals surface area contributed by atoms with Gasteiger partial charge in [0, 0.05) is 19.8 Å². The van der Waals surface area contributed by atoms with Gasteiger partial charge in [0.1, 0.15) is 12.2 Å². The molecule has 3 aromatic rings. The van der Waals surface area contributed by atoms with Crippen molar-refractivity contribution in [2.24, 2.45) is 14.1 Å². The quantitative estimate of drug-likeness (QED) is 0.664. The lowest BCUT2D eigenvalue weighted by Crippen LogP contribution is -2.37. The SMILES string of the molecule is Cn1c(=O)c2ncn(CC(=O)Nc3ccc(C(=O)O)cc3)c2n(C)c1=O. The number of nitrogens with one attached hydrogen (secondary N) is 1. The largest absolute Gasteiger partial charge is 0.478 e. The van der Waals surface area contributed by atoms with Gasteiger partial charge in [-0.3, -0.25) is 18.7 Å². The Morgan fingerprint density at radius 1 is 1.12 bits per heavy atom. The molecule has 0 aliphatic carbocycles. The van der Waals surface area contributed by atoms with Gasteiger partial charge >= 0.3 is 11.7 Å². The summed E-state index contributed by atoms with van der Waals surface area (Å²) in [6.45, 7) is -0.169. The van der Waals surface area contributed by atoms with Crippen LogP contribution in [0.25, 0.3) is 11.2 Å². The van der Waals surface area contributed by atoms with Crippen LogP contribution in [0.3, 0.4) is 0 Å². The number of carbonyl (C=O) groups excluding carboxylic acids is 1. The summed E-state index contributed by atoms with van der Waals surface area (Å²) in [6, 6.07) is 5.69. The number of carboxylic acid groups (broad SMARTS) is 1. The van der Waals surface area contributed by atoms with Gasteiger partial charge in [0.25, 0.3) is 5.56 Å². The van der Waals surface area contributed by atoms with Gasteiger partial charge in [0.2, 0.25) is 5.91 Å². The average molecular weight is 357 g/mol. The van der Waals surface area contributed by atoms with Crippen LogP contribution in [0.1, 0.15) is 10.4 Å². The summed E-state index contributed by atoms with van der Waals surface area (Å²) in [6.07, 6.45) is 1.32. The zero-order valence-corrected chi connectivity index (χ0v) is 14.0. The topological polar surface area (TPSA) is 128 Å². The Morgan fingerprint density at radius 2 is 1.77 bits per heavy atom. The molecule has 0 radical (unpaired) electrons. The molecule has 1 amide bonds. The van der Waals surface area contributed by atoms with E-state index < -0.39 is 23.1 Å². The molecule has 2 heterocycles. The fraction of sp³-hybridized carbons (Fsp3) is 0.188. The maximum atomic E-state index is 12.2. The van der Waals surface area contributed by atoms with Crippen LogP contribution in [0.15, 0.2) is 40.2 Å². The van der Waals surface area contributed by atoms with E-state index >= 15 is 0 Å². The first kappa shape index (κ1) is 17.1. The van der Waals surface area contributed by atoms with Gasteiger partial charge in [-0.05, 0) is 24.3 Å². The number of rotatable bonds is 4. The van der Waals surface area contributed by atoms with Crippen LogP contribution < -0.4 is 16.6 Å². The van der Waals surface area contributed by atoms with E-state index in [1.807, 2.05) is 0 Å². The smallest absolute Gasteiger partial charge is 0.335 e. The monoisotopic (exact) mass is 357 g/mol. The van der Waals surface area contributed by atoms with Crippen LogP contribution in [-0.4, -0.2) is 35.7 Å². The number of aromatic carboxylic acids is 1. The molecule has 26 heavy (non-hydrogen) atoms. The molecule has 0 spiro atoms. The van der Waals surface area contributed by atoms with Crippen molar-refractivity contribution in [3.63, 3.8) is 0 Å². The second kappa shape index (κ2) is 6.31. The first-order valence-corrected chi connectivity index (χ1v) is 7.53. The molecule has 2 aromatic heterocycles. The summed E-state index contributed by atoms with van der Waals surface area (Å²) in [5.74, 6) is -1.48. The van der Waals surface area contributed by atoms with Crippen LogP contribution >= 0.6 is 0 Å². The number of anilines is 1. The number of carboxylic acids is 1. The number of aromatic nitrogens is 4. The molecule has 0 atom stereocenters. The Balaban J connectivity index is 1.87. The highest BCUT2D eigenvalue weighted by Gasteiger charge is 2.15. The predicted molar refractivity (Wildman–Crippen MR) is 92.2 cm³/mol. The number of hydrogen-bond acceptors (Lipinski definition) is 5. The second-order valence-corrected chi connectivity index (χ2v) is 5.68. The van der Waals surface area contributed by atoms with Crippen LogP contribution in [0.5, 0.6) is 0 Å². The highest BCUT2D eigenvalue weighted by atomic mass is 16.4. The standard InChI is InChI=1S/C16H15N5O5/c1-19-13-12(14(23)20(2)16(19)26)17-8-21(13)7-11(22)18-10-5-3-9(4-6-10)15(24)25/h3-6,8H,7H2,1-2H3,(H,18,22)(H,24,25). The highest BCUT2D eigenvalue weighted by Crippen LogP contribution is 2.11. The van der Waals surface area contributed by atoms with E-state index in [1.54, 1.807) is 0 Å². The lowest BCUT2D eigenvalue weighted by molar-refractivity contribution is -0.116. The minimum Gasteiger partial charge on any atom is -0.478 e. The van der Waals surface area contributed by atoms with Gasteiger partial charge in [-0.15, -0.1) is 0 Å². The Hall–Kier alpha value is -3.69. The molecule has 3 rings (SSSR count). The number of aryl methyl sites for hydroxylation is 1. The molecule has 1 aromatic carbocycles. The van der Waals surface area contributed by atoms with Crippen molar-refractivity contribution in [2.45, 2.75) is 6.54 Å². The van der Waals surface area contributed by atoms with E-state index in [-0.39, 0.29) is 23.3 Å². The third kappa shape index (κ3) is 2.88. The third-order valence-electron chi connectivity index (χ3n) is 3.94. The highest BCUT2D eigenvalue weighted by molar-refractivity contribution is 5.92. The Morgan fingerprint density at radius 3 is 2.38 bits per heavy atom. The van der Waals surface area contributed by atoms with E-state index in [0.29, 0.717) is 5.69 Å². The Kier molecular flexibility index (Phi) is 4.16. The number of nitrogens with zero attached hydrogens (tertiary/aromatic N) is 4.